The lowest BCUT2D eigenvalue weighted by Crippen LogP contribution is -2.32. The van der Waals surface area contributed by atoms with Crippen LogP contribution in [0.3, 0.4) is 0 Å². The largest absolute Gasteiger partial charge is 0.391 e. The van der Waals surface area contributed by atoms with Crippen LogP contribution in [0.4, 0.5) is 0 Å². The fourth-order valence-corrected chi connectivity index (χ4v) is 1.59. The van der Waals surface area contributed by atoms with Crippen molar-refractivity contribution in [3.63, 3.8) is 0 Å². The van der Waals surface area contributed by atoms with E-state index in [0.29, 0.717) is 12.8 Å². The molecule has 0 aromatic rings. The molecule has 0 aromatic carbocycles. The summed E-state index contributed by atoms with van der Waals surface area (Å²) in [7, 11) is 0. The number of Topliss-reactive ketones (excluding diaryl/α,β-unsaturated/α-hetero) is 1. The van der Waals surface area contributed by atoms with Crippen molar-refractivity contribution in [3.05, 3.63) is 0 Å². The molecule has 0 saturated carbocycles. The van der Waals surface area contributed by atoms with Crippen LogP contribution < -0.4 is 5.32 Å². The summed E-state index contributed by atoms with van der Waals surface area (Å²) in [6.45, 7) is 2.83. The van der Waals surface area contributed by atoms with Crippen LogP contribution in [0.25, 0.3) is 0 Å². The highest BCUT2D eigenvalue weighted by Crippen LogP contribution is 2.11. The Bertz CT molecular complexity index is 159. The molecule has 2 unspecified atom stereocenters. The van der Waals surface area contributed by atoms with Gasteiger partial charge in [0.1, 0.15) is 5.78 Å². The molecule has 1 aliphatic rings. The Labute approximate surface area is 73.2 Å². The second kappa shape index (κ2) is 4.58. The van der Waals surface area contributed by atoms with E-state index in [1.165, 1.54) is 0 Å². The number of ketones is 1. The van der Waals surface area contributed by atoms with Crippen LogP contribution in [0.5, 0.6) is 0 Å². The molecule has 1 rings (SSSR count). The lowest BCUT2D eigenvalue weighted by molar-refractivity contribution is -0.120. The summed E-state index contributed by atoms with van der Waals surface area (Å²) in [6, 6.07) is 0.0176. The minimum absolute atomic E-state index is 0.0176. The molecule has 0 aromatic heterocycles. The van der Waals surface area contributed by atoms with Crippen LogP contribution in [0.1, 0.15) is 32.6 Å². The minimum Gasteiger partial charge on any atom is -0.391 e. The molecule has 3 nitrogen and oxygen atoms in total. The van der Waals surface area contributed by atoms with Gasteiger partial charge in [0.05, 0.1) is 6.10 Å². The second-order valence-corrected chi connectivity index (χ2v) is 3.41. The Hall–Kier alpha value is -0.410. The van der Waals surface area contributed by atoms with Crippen molar-refractivity contribution < 1.29 is 9.90 Å². The number of aliphatic hydroxyl groups excluding tert-OH is 1. The van der Waals surface area contributed by atoms with E-state index in [4.69, 9.17) is 0 Å². The Morgan fingerprint density at radius 3 is 2.92 bits per heavy atom. The first-order valence-corrected chi connectivity index (χ1v) is 4.67. The highest BCUT2D eigenvalue weighted by atomic mass is 16.3. The van der Waals surface area contributed by atoms with Crippen LogP contribution >= 0.6 is 0 Å². The topological polar surface area (TPSA) is 49.3 Å². The van der Waals surface area contributed by atoms with Gasteiger partial charge in [-0.25, -0.2) is 0 Å². The number of nitrogens with one attached hydrogen (secondary N) is 1. The molecule has 70 valence electrons. The van der Waals surface area contributed by atoms with E-state index in [-0.39, 0.29) is 17.9 Å². The molecule has 0 spiro atoms. The van der Waals surface area contributed by atoms with Crippen molar-refractivity contribution in [2.75, 3.05) is 6.54 Å². The van der Waals surface area contributed by atoms with Gasteiger partial charge in [-0.2, -0.15) is 0 Å². The Morgan fingerprint density at radius 1 is 1.67 bits per heavy atom. The Kier molecular flexibility index (Phi) is 3.69. The zero-order chi connectivity index (χ0) is 8.97. The van der Waals surface area contributed by atoms with Crippen molar-refractivity contribution in [3.8, 4) is 0 Å². The minimum atomic E-state index is -0.314. The zero-order valence-corrected chi connectivity index (χ0v) is 7.55. The molecular formula is C9H17NO2. The van der Waals surface area contributed by atoms with Crippen molar-refractivity contribution in [1.29, 1.82) is 0 Å². The fourth-order valence-electron chi connectivity index (χ4n) is 1.59. The van der Waals surface area contributed by atoms with Gasteiger partial charge in [-0.3, -0.25) is 4.79 Å². The maximum absolute atomic E-state index is 11.2. The van der Waals surface area contributed by atoms with E-state index in [0.717, 1.165) is 19.4 Å². The molecule has 2 N–H and O–H groups in total. The predicted molar refractivity (Wildman–Crippen MR) is 46.9 cm³/mol. The Balaban J connectivity index is 2.25. The third kappa shape index (κ3) is 2.57. The lowest BCUT2D eigenvalue weighted by atomic mass is 10.0. The first kappa shape index (κ1) is 9.68. The molecule has 12 heavy (non-hydrogen) atoms. The highest BCUT2D eigenvalue weighted by molar-refractivity contribution is 5.79. The molecule has 3 heteroatoms. The summed E-state index contributed by atoms with van der Waals surface area (Å²) >= 11 is 0. The van der Waals surface area contributed by atoms with Gasteiger partial charge in [0.15, 0.2) is 0 Å². The summed E-state index contributed by atoms with van der Waals surface area (Å²) in [4.78, 5) is 11.2. The van der Waals surface area contributed by atoms with E-state index in [9.17, 15) is 9.90 Å². The van der Waals surface area contributed by atoms with E-state index < -0.39 is 0 Å². The molecule has 0 aliphatic carbocycles. The first-order valence-electron chi connectivity index (χ1n) is 4.67. The van der Waals surface area contributed by atoms with E-state index in [1.54, 1.807) is 0 Å². The summed E-state index contributed by atoms with van der Waals surface area (Å²) < 4.78 is 0. The number of hydrogen-bond acceptors (Lipinski definition) is 3. The van der Waals surface area contributed by atoms with Gasteiger partial charge in [-0.1, -0.05) is 6.92 Å². The third-order valence-electron chi connectivity index (χ3n) is 2.29. The van der Waals surface area contributed by atoms with Gasteiger partial charge in [0, 0.05) is 18.9 Å². The van der Waals surface area contributed by atoms with E-state index in [1.807, 2.05) is 6.92 Å². The van der Waals surface area contributed by atoms with Gasteiger partial charge in [-0.05, 0) is 19.4 Å². The molecule has 1 fully saturated rings. The monoisotopic (exact) mass is 171 g/mol. The van der Waals surface area contributed by atoms with Gasteiger partial charge in [0.2, 0.25) is 0 Å². The number of carbonyl (C=O) groups excluding carboxylic acids is 1. The van der Waals surface area contributed by atoms with Crippen LogP contribution in [0, 0.1) is 0 Å². The highest BCUT2D eigenvalue weighted by Gasteiger charge is 2.25. The smallest absolute Gasteiger partial charge is 0.134 e. The van der Waals surface area contributed by atoms with Gasteiger partial charge in [-0.15, -0.1) is 0 Å². The summed E-state index contributed by atoms with van der Waals surface area (Å²) in [6.07, 6.45) is 2.51. The van der Waals surface area contributed by atoms with Crippen LogP contribution in [-0.4, -0.2) is 29.6 Å². The van der Waals surface area contributed by atoms with E-state index in [2.05, 4.69) is 5.32 Å². The number of hydrogen-bond donors (Lipinski definition) is 2. The SMILES string of the molecule is CCCC(=O)CC1NCCC1O. The summed E-state index contributed by atoms with van der Waals surface area (Å²) in [5.74, 6) is 0.260. The van der Waals surface area contributed by atoms with Gasteiger partial charge in [0.25, 0.3) is 0 Å². The summed E-state index contributed by atoms with van der Waals surface area (Å²) in [5, 5.41) is 12.5. The fraction of sp³-hybridized carbons (Fsp3) is 0.889. The normalized spacial score (nSPS) is 29.2. The standard InChI is InChI=1S/C9H17NO2/c1-2-3-7(11)6-8-9(12)4-5-10-8/h8-10,12H,2-6H2,1H3. The Morgan fingerprint density at radius 2 is 2.42 bits per heavy atom. The van der Waals surface area contributed by atoms with Gasteiger partial charge < -0.3 is 10.4 Å². The molecule has 1 saturated heterocycles. The molecule has 2 atom stereocenters. The van der Waals surface area contributed by atoms with Crippen LogP contribution in [0.15, 0.2) is 0 Å². The van der Waals surface area contributed by atoms with Crippen LogP contribution in [0.2, 0.25) is 0 Å². The molecule has 1 aliphatic heterocycles. The van der Waals surface area contributed by atoms with Crippen LogP contribution in [-0.2, 0) is 4.79 Å². The van der Waals surface area contributed by atoms with Crippen molar-refractivity contribution >= 4 is 5.78 Å². The number of rotatable bonds is 4. The third-order valence-corrected chi connectivity index (χ3v) is 2.29. The predicted octanol–water partition coefficient (Wildman–Crippen LogP) is 0.468. The quantitative estimate of drug-likeness (QED) is 0.646. The van der Waals surface area contributed by atoms with Gasteiger partial charge >= 0.3 is 0 Å². The molecule has 0 bridgehead atoms. The first-order chi connectivity index (χ1) is 5.74. The van der Waals surface area contributed by atoms with Crippen molar-refractivity contribution in [1.82, 2.24) is 5.32 Å². The average molecular weight is 171 g/mol. The summed E-state index contributed by atoms with van der Waals surface area (Å²) in [5.41, 5.74) is 0. The lowest BCUT2D eigenvalue weighted by Gasteiger charge is -2.12. The maximum atomic E-state index is 11.2. The molecule has 1 heterocycles. The average Bonchev–Trinajstić information content (AvgIpc) is 2.37. The zero-order valence-electron chi connectivity index (χ0n) is 7.55. The van der Waals surface area contributed by atoms with E-state index >= 15 is 0 Å². The molecule has 0 amide bonds. The number of carbonyl (C=O) groups is 1. The van der Waals surface area contributed by atoms with Crippen molar-refractivity contribution in [2.45, 2.75) is 44.8 Å². The second-order valence-electron chi connectivity index (χ2n) is 3.41. The molecular weight excluding hydrogens is 154 g/mol. The van der Waals surface area contributed by atoms with Crippen molar-refractivity contribution in [2.24, 2.45) is 0 Å². The maximum Gasteiger partial charge on any atom is 0.134 e. The molecule has 0 radical (unpaired) electrons. The number of aliphatic hydroxyl groups is 1.